The van der Waals surface area contributed by atoms with E-state index >= 15 is 0 Å². The molecule has 0 saturated heterocycles. The summed E-state index contributed by atoms with van der Waals surface area (Å²) in [5.74, 6) is -0.206. The van der Waals surface area contributed by atoms with E-state index in [-0.39, 0.29) is 17.0 Å². The van der Waals surface area contributed by atoms with E-state index in [0.717, 1.165) is 25.3 Å². The highest BCUT2D eigenvalue weighted by molar-refractivity contribution is 7.75. The van der Waals surface area contributed by atoms with Gasteiger partial charge in [0.2, 0.25) is 0 Å². The monoisotopic (exact) mass is 520 g/mol. The Labute approximate surface area is 222 Å². The molecule has 1 aliphatic heterocycles. The van der Waals surface area contributed by atoms with E-state index in [2.05, 4.69) is 53.1 Å². The van der Waals surface area contributed by atoms with Crippen molar-refractivity contribution in [2.75, 3.05) is 38.2 Å². The Morgan fingerprint density at radius 3 is 2.27 bits per heavy atom. The van der Waals surface area contributed by atoms with Crippen LogP contribution in [0.5, 0.6) is 5.75 Å². The van der Waals surface area contributed by atoms with E-state index in [9.17, 15) is 9.59 Å². The number of methoxy groups -OCH3 is 1. The Kier molecular flexibility index (Phi) is 7.00. The second kappa shape index (κ2) is 10.2. The zero-order chi connectivity index (χ0) is 26.2. The van der Waals surface area contributed by atoms with Gasteiger partial charge in [0.15, 0.2) is 5.69 Å². The van der Waals surface area contributed by atoms with Crippen LogP contribution in [0.1, 0.15) is 58.8 Å². The first-order chi connectivity index (χ1) is 17.9. The highest BCUT2D eigenvalue weighted by Gasteiger charge is 2.45. The van der Waals surface area contributed by atoms with Crippen molar-refractivity contribution in [1.82, 2.24) is 14.7 Å². The van der Waals surface area contributed by atoms with Crippen molar-refractivity contribution in [2.45, 2.75) is 38.5 Å². The van der Waals surface area contributed by atoms with E-state index in [1.165, 1.54) is 23.1 Å². The van der Waals surface area contributed by atoms with Gasteiger partial charge >= 0.3 is 5.97 Å². The molecule has 37 heavy (non-hydrogen) atoms. The molecule has 0 radical (unpaired) electrons. The van der Waals surface area contributed by atoms with Crippen LogP contribution in [0.2, 0.25) is 0 Å². The van der Waals surface area contributed by atoms with Crippen molar-refractivity contribution < 1.29 is 18.5 Å². The summed E-state index contributed by atoms with van der Waals surface area (Å²) in [4.78, 5) is 30.5. The van der Waals surface area contributed by atoms with Gasteiger partial charge in [-0.1, -0.05) is 26.0 Å². The number of carbonyl (C=O) groups is 2. The average Bonchev–Trinajstić information content (AvgIpc) is 3.63. The van der Waals surface area contributed by atoms with Gasteiger partial charge in [0.05, 0.1) is 12.8 Å². The maximum absolute atomic E-state index is 13.8. The third-order valence-electron chi connectivity index (χ3n) is 7.68. The number of amides is 1. The predicted molar refractivity (Wildman–Crippen MR) is 145 cm³/mol. The molecule has 2 aromatic carbocycles. The summed E-state index contributed by atoms with van der Waals surface area (Å²) in [6.07, 6.45) is 2.86. The number of anilines is 1. The van der Waals surface area contributed by atoms with Gasteiger partial charge < -0.3 is 18.7 Å². The fourth-order valence-electron chi connectivity index (χ4n) is 5.28. The van der Waals surface area contributed by atoms with E-state index in [4.69, 9.17) is 4.74 Å². The normalized spacial score (nSPS) is 16.0. The van der Waals surface area contributed by atoms with Gasteiger partial charge in [-0.3, -0.25) is 4.79 Å². The molecular formula is C28H32N4O4S. The number of aromatic nitrogens is 2. The molecule has 5 rings (SSSR count). The second-order valence-electron chi connectivity index (χ2n) is 9.66. The first-order valence-corrected chi connectivity index (χ1v) is 13.1. The van der Waals surface area contributed by atoms with E-state index in [1.54, 1.807) is 36.3 Å². The van der Waals surface area contributed by atoms with Crippen molar-refractivity contribution >= 4 is 30.5 Å². The maximum atomic E-state index is 13.8. The minimum Gasteiger partial charge on any atom is -0.497 e. The third-order valence-corrected chi connectivity index (χ3v) is 7.84. The number of ether oxygens (including phenoxy) is 1. The lowest BCUT2D eigenvalue weighted by atomic mass is 9.94. The Morgan fingerprint density at radius 2 is 1.70 bits per heavy atom. The minimum atomic E-state index is -0.680. The van der Waals surface area contributed by atoms with E-state index in [1.807, 2.05) is 12.1 Å². The molecule has 194 valence electrons. The van der Waals surface area contributed by atoms with Gasteiger partial charge in [0.25, 0.3) is 5.91 Å². The zero-order valence-corrected chi connectivity index (χ0v) is 22.3. The summed E-state index contributed by atoms with van der Waals surface area (Å²) in [7, 11) is 1.59. The van der Waals surface area contributed by atoms with Crippen LogP contribution in [0.25, 0.3) is 5.69 Å². The van der Waals surface area contributed by atoms with Crippen molar-refractivity contribution in [3.05, 3.63) is 71.0 Å². The number of thiol groups is 1. The van der Waals surface area contributed by atoms with Crippen LogP contribution in [0.15, 0.2) is 48.5 Å². The molecule has 2 heterocycles. The maximum Gasteiger partial charge on any atom is 0.370 e. The van der Waals surface area contributed by atoms with Gasteiger partial charge in [0, 0.05) is 42.7 Å². The van der Waals surface area contributed by atoms with Crippen LogP contribution in [0.3, 0.4) is 0 Å². The first kappa shape index (κ1) is 25.4. The predicted octanol–water partition coefficient (Wildman–Crippen LogP) is 4.46. The topological polar surface area (TPSA) is 76.9 Å². The highest BCUT2D eigenvalue weighted by Crippen LogP contribution is 2.49. The quantitative estimate of drug-likeness (QED) is 0.332. The molecule has 0 unspecified atom stereocenters. The van der Waals surface area contributed by atoms with E-state index < -0.39 is 5.97 Å². The number of hydrogen-bond donors (Lipinski definition) is 1. The Hall–Kier alpha value is -3.30. The Bertz CT molecular complexity index is 1290. The minimum absolute atomic E-state index is 0.108. The smallest absolute Gasteiger partial charge is 0.370 e. The van der Waals surface area contributed by atoms with Gasteiger partial charge in [0.1, 0.15) is 11.4 Å². The number of nitrogens with zero attached hydrogens (tertiary/aromatic N) is 4. The lowest BCUT2D eigenvalue weighted by Gasteiger charge is -2.29. The lowest BCUT2D eigenvalue weighted by Crippen LogP contribution is -2.39. The molecule has 1 saturated carbocycles. The molecule has 0 atom stereocenters. The number of benzene rings is 2. The molecule has 0 spiro atoms. The summed E-state index contributed by atoms with van der Waals surface area (Å²) < 4.78 is 11.4. The van der Waals surface area contributed by atoms with Crippen LogP contribution < -0.4 is 9.64 Å². The first-order valence-electron chi connectivity index (χ1n) is 12.7. The van der Waals surface area contributed by atoms with Crippen LogP contribution >= 0.6 is 12.9 Å². The van der Waals surface area contributed by atoms with Crippen LogP contribution in [-0.4, -0.2) is 59.8 Å². The van der Waals surface area contributed by atoms with Gasteiger partial charge in [-0.25, -0.2) is 9.48 Å². The second-order valence-corrected chi connectivity index (χ2v) is 9.84. The van der Waals surface area contributed by atoms with Crippen molar-refractivity contribution in [1.29, 1.82) is 0 Å². The van der Waals surface area contributed by atoms with Gasteiger partial charge in [-0.05, 0) is 74.3 Å². The summed E-state index contributed by atoms with van der Waals surface area (Å²) in [5.41, 5.74) is 4.07. The van der Waals surface area contributed by atoms with E-state index in [0.29, 0.717) is 35.7 Å². The van der Waals surface area contributed by atoms with Crippen LogP contribution in [-0.2, 0) is 16.0 Å². The molecular weight excluding hydrogens is 488 g/mol. The number of rotatable bonds is 9. The number of carbonyl (C=O) groups excluding carboxylic acids is 2. The number of fused-ring (bicyclic) bond motifs is 1. The van der Waals surface area contributed by atoms with Gasteiger partial charge in [-0.2, -0.15) is 5.10 Å². The summed E-state index contributed by atoms with van der Waals surface area (Å²) in [6.45, 7) is 8.01. The van der Waals surface area contributed by atoms with Crippen molar-refractivity contribution in [2.24, 2.45) is 0 Å². The molecule has 1 fully saturated rings. The van der Waals surface area contributed by atoms with Gasteiger partial charge in [-0.15, -0.1) is 0 Å². The largest absolute Gasteiger partial charge is 0.497 e. The summed E-state index contributed by atoms with van der Waals surface area (Å²) in [5, 5.41) is 4.47. The number of likely N-dealkylation sites (N-methyl/N-ethyl adjacent to an activating group) is 1. The fourth-order valence-corrected chi connectivity index (χ4v) is 5.37. The third kappa shape index (κ3) is 4.62. The average molecular weight is 521 g/mol. The molecule has 3 aromatic rings. The summed E-state index contributed by atoms with van der Waals surface area (Å²) in [6, 6.07) is 15.6. The lowest BCUT2D eigenvalue weighted by molar-refractivity contribution is 0.0764. The summed E-state index contributed by atoms with van der Waals surface area (Å²) >= 11 is 3.67. The SMILES string of the molecule is CCN(CC)CC1(c2ccc(N3CCc4c(C(=O)OS)nn(-c5ccc(OC)cc5)c4C3=O)cc2)CC1. The van der Waals surface area contributed by atoms with Crippen LogP contribution in [0.4, 0.5) is 5.69 Å². The van der Waals surface area contributed by atoms with Crippen LogP contribution in [0, 0.1) is 0 Å². The molecule has 2 aliphatic rings. The molecule has 0 bridgehead atoms. The Balaban J connectivity index is 1.46. The van der Waals surface area contributed by atoms with Crippen molar-refractivity contribution in [3.63, 3.8) is 0 Å². The molecule has 8 nitrogen and oxygen atoms in total. The molecule has 9 heteroatoms. The highest BCUT2D eigenvalue weighted by atomic mass is 32.1. The molecule has 1 amide bonds. The zero-order valence-electron chi connectivity index (χ0n) is 21.4. The Morgan fingerprint density at radius 1 is 1.05 bits per heavy atom. The molecule has 0 N–H and O–H groups in total. The fraction of sp³-hybridized carbons (Fsp3) is 0.393. The number of hydrogen-bond acceptors (Lipinski definition) is 7. The molecule has 1 aliphatic carbocycles. The standard InChI is InChI=1S/C28H32N4O4S/c1-4-30(5-2)18-28(15-16-28)19-6-8-20(9-7-19)31-17-14-23-24(27(34)36-37)29-32(25(23)26(31)33)21-10-12-22(35-3)13-11-21/h6-13,37H,4-5,14-18H2,1-3H3. The molecule has 1 aromatic heterocycles. The van der Waals surface area contributed by atoms with Crippen molar-refractivity contribution in [3.8, 4) is 11.4 Å².